The minimum absolute atomic E-state index is 0.00422. The molecule has 4 aromatic rings. The Morgan fingerprint density at radius 1 is 1.00 bits per heavy atom. The minimum atomic E-state index is -0.292. The lowest BCUT2D eigenvalue weighted by Gasteiger charge is -2.24. The van der Waals surface area contributed by atoms with Crippen LogP contribution in [0.25, 0.3) is 16.7 Å². The van der Waals surface area contributed by atoms with Crippen molar-refractivity contribution in [2.75, 3.05) is 37.7 Å². The quantitative estimate of drug-likeness (QED) is 0.308. The van der Waals surface area contributed by atoms with Gasteiger partial charge in [0.1, 0.15) is 24.1 Å². The Hall–Kier alpha value is -3.85. The van der Waals surface area contributed by atoms with E-state index in [0.29, 0.717) is 26.2 Å². The van der Waals surface area contributed by atoms with Gasteiger partial charge in [0.15, 0.2) is 5.65 Å². The summed E-state index contributed by atoms with van der Waals surface area (Å²) in [6.45, 7) is 7.29. The van der Waals surface area contributed by atoms with E-state index in [-0.39, 0.29) is 18.3 Å². The second-order valence-electron chi connectivity index (χ2n) is 9.94. The first kappa shape index (κ1) is 26.7. The number of carbonyl (C=O) groups excluding carboxylic acids is 1. The lowest BCUT2D eigenvalue weighted by Crippen LogP contribution is -2.37. The van der Waals surface area contributed by atoms with Crippen molar-refractivity contribution in [3.05, 3.63) is 77.5 Å². The molecule has 1 aliphatic rings. The van der Waals surface area contributed by atoms with Crippen molar-refractivity contribution < 1.29 is 13.9 Å². The number of halogens is 1. The molecular formula is C30H35FN6O2. The number of anilines is 1. The molecule has 39 heavy (non-hydrogen) atoms. The Kier molecular flexibility index (Phi) is 8.46. The average molecular weight is 531 g/mol. The van der Waals surface area contributed by atoms with Crippen LogP contribution in [0.5, 0.6) is 0 Å². The Labute approximate surface area is 228 Å². The highest BCUT2D eigenvalue weighted by molar-refractivity contribution is 5.91. The standard InChI is InChI=1S/C30H35FN6O2/c1-3-4-11-26-32-29(28-22(2)34-37(30(28)33-26)25-14-12-24(31)13-15-25)36-17-8-16-35(18-19-36)27(38)21-39-20-23-9-6-5-7-10-23/h5-7,9-10,12-15H,3-4,8,11,16-21H2,1-2H3. The molecule has 9 heteroatoms. The van der Waals surface area contributed by atoms with E-state index in [0.717, 1.165) is 71.8 Å². The van der Waals surface area contributed by atoms with Crippen LogP contribution in [-0.4, -0.2) is 63.3 Å². The first-order valence-corrected chi connectivity index (χ1v) is 13.7. The molecule has 0 aliphatic carbocycles. The highest BCUT2D eigenvalue weighted by Gasteiger charge is 2.25. The van der Waals surface area contributed by atoms with Gasteiger partial charge in [-0.25, -0.2) is 19.0 Å². The Morgan fingerprint density at radius 2 is 1.79 bits per heavy atom. The summed E-state index contributed by atoms with van der Waals surface area (Å²) < 4.78 is 21.1. The van der Waals surface area contributed by atoms with Gasteiger partial charge in [0, 0.05) is 32.6 Å². The molecule has 0 unspecified atom stereocenters. The number of hydrogen-bond donors (Lipinski definition) is 0. The van der Waals surface area contributed by atoms with E-state index in [2.05, 4.69) is 11.8 Å². The summed E-state index contributed by atoms with van der Waals surface area (Å²) in [5, 5.41) is 5.67. The molecule has 5 rings (SSSR count). The number of fused-ring (bicyclic) bond motifs is 1. The number of unbranched alkanes of at least 4 members (excludes halogenated alkanes) is 1. The predicted octanol–water partition coefficient (Wildman–Crippen LogP) is 4.86. The maximum Gasteiger partial charge on any atom is 0.248 e. The van der Waals surface area contributed by atoms with Crippen molar-refractivity contribution in [1.29, 1.82) is 0 Å². The molecule has 1 fully saturated rings. The zero-order chi connectivity index (χ0) is 27.2. The summed E-state index contributed by atoms with van der Waals surface area (Å²) in [5.41, 5.74) is 3.35. The van der Waals surface area contributed by atoms with Gasteiger partial charge in [-0.1, -0.05) is 43.7 Å². The summed E-state index contributed by atoms with van der Waals surface area (Å²) in [6.07, 6.45) is 3.62. The molecule has 0 spiro atoms. The summed E-state index contributed by atoms with van der Waals surface area (Å²) >= 11 is 0. The number of nitrogens with zero attached hydrogens (tertiary/aromatic N) is 6. The SMILES string of the molecule is CCCCc1nc(N2CCCN(C(=O)COCc3ccccc3)CC2)c2c(C)nn(-c3ccc(F)cc3)c2n1. The van der Waals surface area contributed by atoms with Gasteiger partial charge >= 0.3 is 0 Å². The normalized spacial score (nSPS) is 14.1. The third-order valence-corrected chi connectivity index (χ3v) is 7.04. The van der Waals surface area contributed by atoms with Crippen LogP contribution in [-0.2, 0) is 22.6 Å². The maximum atomic E-state index is 13.6. The molecule has 1 amide bonds. The molecule has 1 saturated heterocycles. The van der Waals surface area contributed by atoms with Gasteiger partial charge in [-0.15, -0.1) is 0 Å². The van der Waals surface area contributed by atoms with E-state index in [1.54, 1.807) is 16.8 Å². The second-order valence-corrected chi connectivity index (χ2v) is 9.94. The number of ether oxygens (including phenoxy) is 1. The lowest BCUT2D eigenvalue weighted by molar-refractivity contribution is -0.136. The number of amides is 1. The number of rotatable bonds is 9. The van der Waals surface area contributed by atoms with Crippen LogP contribution < -0.4 is 4.90 Å². The number of aromatic nitrogens is 4. The van der Waals surface area contributed by atoms with E-state index >= 15 is 0 Å². The van der Waals surface area contributed by atoms with E-state index in [9.17, 15) is 9.18 Å². The fraction of sp³-hybridized carbons (Fsp3) is 0.400. The largest absolute Gasteiger partial charge is 0.367 e. The predicted molar refractivity (Wildman–Crippen MR) is 149 cm³/mol. The molecule has 2 aromatic carbocycles. The van der Waals surface area contributed by atoms with Crippen molar-refractivity contribution >= 4 is 22.8 Å². The van der Waals surface area contributed by atoms with Crippen molar-refractivity contribution in [2.24, 2.45) is 0 Å². The molecule has 1 aliphatic heterocycles. The molecule has 8 nitrogen and oxygen atoms in total. The monoisotopic (exact) mass is 530 g/mol. The van der Waals surface area contributed by atoms with Gasteiger partial charge < -0.3 is 14.5 Å². The number of benzene rings is 2. The minimum Gasteiger partial charge on any atom is -0.367 e. The molecule has 0 N–H and O–H groups in total. The van der Waals surface area contributed by atoms with Gasteiger partial charge in [-0.3, -0.25) is 4.79 Å². The number of aryl methyl sites for hydroxylation is 2. The van der Waals surface area contributed by atoms with Crippen LogP contribution in [0.2, 0.25) is 0 Å². The highest BCUT2D eigenvalue weighted by Crippen LogP contribution is 2.30. The van der Waals surface area contributed by atoms with Gasteiger partial charge in [-0.2, -0.15) is 5.10 Å². The van der Waals surface area contributed by atoms with E-state index in [1.165, 1.54) is 12.1 Å². The van der Waals surface area contributed by atoms with E-state index in [1.807, 2.05) is 42.2 Å². The molecular weight excluding hydrogens is 495 g/mol. The molecule has 0 atom stereocenters. The van der Waals surface area contributed by atoms with E-state index < -0.39 is 0 Å². The zero-order valence-corrected chi connectivity index (χ0v) is 22.6. The van der Waals surface area contributed by atoms with Gasteiger partial charge in [0.05, 0.1) is 23.4 Å². The first-order chi connectivity index (χ1) is 19.0. The van der Waals surface area contributed by atoms with Gasteiger partial charge in [0.25, 0.3) is 0 Å². The van der Waals surface area contributed by atoms with Crippen LogP contribution >= 0.6 is 0 Å². The molecule has 3 heterocycles. The van der Waals surface area contributed by atoms with Crippen LogP contribution in [0.15, 0.2) is 54.6 Å². The average Bonchev–Trinajstić information content (AvgIpc) is 3.11. The molecule has 0 bridgehead atoms. The topological polar surface area (TPSA) is 76.4 Å². The van der Waals surface area contributed by atoms with Crippen LogP contribution in [0.4, 0.5) is 10.2 Å². The van der Waals surface area contributed by atoms with Gasteiger partial charge in [0.2, 0.25) is 5.91 Å². The Balaban J connectivity index is 1.36. The van der Waals surface area contributed by atoms with Crippen molar-refractivity contribution in [3.63, 3.8) is 0 Å². The second kappa shape index (κ2) is 12.3. The van der Waals surface area contributed by atoms with E-state index in [4.69, 9.17) is 19.8 Å². The Morgan fingerprint density at radius 3 is 2.56 bits per heavy atom. The lowest BCUT2D eigenvalue weighted by atomic mass is 10.2. The smallest absolute Gasteiger partial charge is 0.248 e. The fourth-order valence-electron chi connectivity index (χ4n) is 4.94. The maximum absolute atomic E-state index is 13.6. The molecule has 204 valence electrons. The van der Waals surface area contributed by atoms with Gasteiger partial charge in [-0.05, 0) is 49.6 Å². The van der Waals surface area contributed by atoms with Crippen LogP contribution in [0.3, 0.4) is 0 Å². The first-order valence-electron chi connectivity index (χ1n) is 13.7. The fourth-order valence-corrected chi connectivity index (χ4v) is 4.94. The summed E-state index contributed by atoms with van der Waals surface area (Å²) in [4.78, 5) is 27.0. The molecule has 0 saturated carbocycles. The summed E-state index contributed by atoms with van der Waals surface area (Å²) in [6, 6.07) is 16.2. The summed E-state index contributed by atoms with van der Waals surface area (Å²) in [7, 11) is 0. The van der Waals surface area contributed by atoms with Crippen LogP contribution in [0.1, 0.15) is 43.3 Å². The van der Waals surface area contributed by atoms with Crippen molar-refractivity contribution in [3.8, 4) is 5.69 Å². The Bertz CT molecular complexity index is 1410. The number of hydrogen-bond acceptors (Lipinski definition) is 6. The molecule has 0 radical (unpaired) electrons. The molecule has 2 aromatic heterocycles. The highest BCUT2D eigenvalue weighted by atomic mass is 19.1. The zero-order valence-electron chi connectivity index (χ0n) is 22.6. The van der Waals surface area contributed by atoms with Crippen molar-refractivity contribution in [1.82, 2.24) is 24.6 Å². The van der Waals surface area contributed by atoms with Crippen molar-refractivity contribution in [2.45, 2.75) is 46.1 Å². The number of carbonyl (C=O) groups is 1. The third-order valence-electron chi connectivity index (χ3n) is 7.04. The third kappa shape index (κ3) is 6.25. The summed E-state index contributed by atoms with van der Waals surface area (Å²) in [5.74, 6) is 1.34. The van der Waals surface area contributed by atoms with Crippen LogP contribution in [0, 0.1) is 12.7 Å².